The fraction of sp³-hybridized carbons (Fsp3) is 0. The van der Waals surface area contributed by atoms with Gasteiger partial charge in [-0.05, 0) is 18.1 Å². The summed E-state index contributed by atoms with van der Waals surface area (Å²) in [4.78, 5) is 10.9. The highest BCUT2D eigenvalue weighted by Gasteiger charge is 1.99. The Labute approximate surface area is 75.9 Å². The minimum Gasteiger partial charge on any atom is -0.331 e. The molecule has 0 spiro atoms. The molecule has 0 saturated carbocycles. The van der Waals surface area contributed by atoms with Crippen LogP contribution in [0.25, 0.3) is 11.3 Å². The molecule has 0 fully saturated rings. The number of aromatic amines is 1. The van der Waals surface area contributed by atoms with Crippen molar-refractivity contribution < 1.29 is 0 Å². The Balaban J connectivity index is 2.43. The zero-order valence-electron chi connectivity index (χ0n) is 6.86. The van der Waals surface area contributed by atoms with E-state index in [0.717, 1.165) is 11.3 Å². The first kappa shape index (κ1) is 7.56. The SMILES string of the molecule is C#Cc1ncc(-c2ccncc2)[nH]1. The molecule has 2 rings (SSSR count). The molecule has 0 aliphatic carbocycles. The number of aromatic nitrogens is 3. The number of nitrogens with zero attached hydrogens (tertiary/aromatic N) is 2. The van der Waals surface area contributed by atoms with E-state index in [1.165, 1.54) is 0 Å². The maximum atomic E-state index is 5.19. The van der Waals surface area contributed by atoms with Crippen LogP contribution in [-0.2, 0) is 0 Å². The Morgan fingerprint density at radius 2 is 2.08 bits per heavy atom. The topological polar surface area (TPSA) is 41.6 Å². The average Bonchev–Trinajstić information content (AvgIpc) is 2.67. The predicted octanol–water partition coefficient (Wildman–Crippen LogP) is 1.45. The smallest absolute Gasteiger partial charge is 0.182 e. The molecule has 0 atom stereocenters. The van der Waals surface area contributed by atoms with Crippen molar-refractivity contribution >= 4 is 0 Å². The summed E-state index contributed by atoms with van der Waals surface area (Å²) in [6, 6.07) is 3.79. The van der Waals surface area contributed by atoms with Crippen LogP contribution in [-0.4, -0.2) is 15.0 Å². The highest BCUT2D eigenvalue weighted by atomic mass is 14.9. The first-order valence-corrected chi connectivity index (χ1v) is 3.82. The summed E-state index contributed by atoms with van der Waals surface area (Å²) < 4.78 is 0. The van der Waals surface area contributed by atoms with Gasteiger partial charge in [0.1, 0.15) is 0 Å². The highest BCUT2D eigenvalue weighted by Crippen LogP contribution is 2.14. The van der Waals surface area contributed by atoms with Crippen molar-refractivity contribution in [1.29, 1.82) is 0 Å². The number of imidazole rings is 1. The van der Waals surface area contributed by atoms with Gasteiger partial charge in [-0.25, -0.2) is 4.98 Å². The summed E-state index contributed by atoms with van der Waals surface area (Å²) in [6.45, 7) is 0. The maximum absolute atomic E-state index is 5.19. The van der Waals surface area contributed by atoms with Gasteiger partial charge in [0.05, 0.1) is 11.9 Å². The van der Waals surface area contributed by atoms with Gasteiger partial charge in [-0.1, -0.05) is 0 Å². The summed E-state index contributed by atoms with van der Waals surface area (Å²) >= 11 is 0. The molecule has 1 N–H and O–H groups in total. The normalized spacial score (nSPS) is 9.46. The molecule has 13 heavy (non-hydrogen) atoms. The van der Waals surface area contributed by atoms with E-state index in [4.69, 9.17) is 6.42 Å². The molecule has 2 aromatic heterocycles. The Morgan fingerprint density at radius 1 is 1.31 bits per heavy atom. The van der Waals surface area contributed by atoms with Crippen molar-refractivity contribution in [2.45, 2.75) is 0 Å². The molecule has 3 nitrogen and oxygen atoms in total. The second-order valence-electron chi connectivity index (χ2n) is 2.53. The molecular formula is C10H7N3. The molecule has 2 heterocycles. The molecule has 0 aliphatic heterocycles. The Bertz CT molecular complexity index is 437. The quantitative estimate of drug-likeness (QED) is 0.656. The van der Waals surface area contributed by atoms with E-state index in [1.807, 2.05) is 12.1 Å². The van der Waals surface area contributed by atoms with Gasteiger partial charge < -0.3 is 4.98 Å². The van der Waals surface area contributed by atoms with Crippen molar-refractivity contribution in [3.63, 3.8) is 0 Å². The lowest BCUT2D eigenvalue weighted by Crippen LogP contribution is -1.78. The Kier molecular flexibility index (Phi) is 1.81. The molecule has 2 aromatic rings. The molecule has 62 valence electrons. The minimum absolute atomic E-state index is 0.548. The van der Waals surface area contributed by atoms with Crippen LogP contribution in [0.2, 0.25) is 0 Å². The number of hydrogen-bond acceptors (Lipinski definition) is 2. The van der Waals surface area contributed by atoms with Crippen LogP contribution >= 0.6 is 0 Å². The van der Waals surface area contributed by atoms with E-state index >= 15 is 0 Å². The van der Waals surface area contributed by atoms with E-state index in [-0.39, 0.29) is 0 Å². The average molecular weight is 169 g/mol. The number of hydrogen-bond donors (Lipinski definition) is 1. The Hall–Kier alpha value is -2.08. The van der Waals surface area contributed by atoms with Crippen LogP contribution in [0.15, 0.2) is 30.7 Å². The fourth-order valence-corrected chi connectivity index (χ4v) is 1.07. The minimum atomic E-state index is 0.548. The lowest BCUT2D eigenvalue weighted by atomic mass is 10.2. The van der Waals surface area contributed by atoms with Crippen LogP contribution < -0.4 is 0 Å². The van der Waals surface area contributed by atoms with Gasteiger partial charge >= 0.3 is 0 Å². The van der Waals surface area contributed by atoms with Gasteiger partial charge in [0.25, 0.3) is 0 Å². The molecule has 0 radical (unpaired) electrons. The summed E-state index contributed by atoms with van der Waals surface area (Å²) in [5.41, 5.74) is 1.94. The largest absolute Gasteiger partial charge is 0.331 e. The summed E-state index contributed by atoms with van der Waals surface area (Å²) in [6.07, 6.45) is 10.4. The van der Waals surface area contributed by atoms with Crippen molar-refractivity contribution in [2.24, 2.45) is 0 Å². The van der Waals surface area contributed by atoms with E-state index in [9.17, 15) is 0 Å². The monoisotopic (exact) mass is 169 g/mol. The van der Waals surface area contributed by atoms with Crippen LogP contribution in [0.3, 0.4) is 0 Å². The summed E-state index contributed by atoms with van der Waals surface area (Å²) in [5.74, 6) is 2.98. The van der Waals surface area contributed by atoms with Gasteiger partial charge in [-0.2, -0.15) is 0 Å². The fourth-order valence-electron chi connectivity index (χ4n) is 1.07. The molecule has 0 unspecified atom stereocenters. The van der Waals surface area contributed by atoms with Crippen LogP contribution in [0.1, 0.15) is 5.82 Å². The maximum Gasteiger partial charge on any atom is 0.182 e. The van der Waals surface area contributed by atoms with Crippen LogP contribution in [0.5, 0.6) is 0 Å². The molecule has 3 heteroatoms. The first-order valence-electron chi connectivity index (χ1n) is 3.82. The molecule has 0 aliphatic rings. The van der Waals surface area contributed by atoms with Gasteiger partial charge in [-0.15, -0.1) is 6.42 Å². The van der Waals surface area contributed by atoms with E-state index in [0.29, 0.717) is 5.82 Å². The van der Waals surface area contributed by atoms with Crippen LogP contribution in [0.4, 0.5) is 0 Å². The van der Waals surface area contributed by atoms with E-state index in [1.54, 1.807) is 18.6 Å². The molecule has 0 amide bonds. The van der Waals surface area contributed by atoms with Crippen LogP contribution in [0, 0.1) is 12.3 Å². The zero-order chi connectivity index (χ0) is 9.10. The Morgan fingerprint density at radius 3 is 2.69 bits per heavy atom. The van der Waals surface area contributed by atoms with Gasteiger partial charge in [0, 0.05) is 18.0 Å². The second-order valence-corrected chi connectivity index (χ2v) is 2.53. The summed E-state index contributed by atoms with van der Waals surface area (Å²) in [5, 5.41) is 0. The number of H-pyrrole nitrogens is 1. The number of nitrogens with one attached hydrogen (secondary N) is 1. The molecular weight excluding hydrogens is 162 g/mol. The molecule has 0 bridgehead atoms. The van der Waals surface area contributed by atoms with Gasteiger partial charge in [-0.3, -0.25) is 4.98 Å². The zero-order valence-corrected chi connectivity index (χ0v) is 6.86. The number of pyridine rings is 1. The van der Waals surface area contributed by atoms with E-state index < -0.39 is 0 Å². The van der Waals surface area contributed by atoms with E-state index in [2.05, 4.69) is 20.9 Å². The molecule has 0 aromatic carbocycles. The van der Waals surface area contributed by atoms with Gasteiger partial charge in [0.2, 0.25) is 0 Å². The highest BCUT2D eigenvalue weighted by molar-refractivity contribution is 5.57. The number of rotatable bonds is 1. The second kappa shape index (κ2) is 3.11. The number of terminal acetylenes is 1. The predicted molar refractivity (Wildman–Crippen MR) is 49.8 cm³/mol. The lowest BCUT2D eigenvalue weighted by Gasteiger charge is -1.93. The standard InChI is InChI=1S/C10H7N3/c1-2-10-12-7-9(13-10)8-3-5-11-6-4-8/h1,3-7H,(H,12,13). The van der Waals surface area contributed by atoms with Crippen molar-refractivity contribution in [2.75, 3.05) is 0 Å². The van der Waals surface area contributed by atoms with Gasteiger partial charge in [0.15, 0.2) is 5.82 Å². The van der Waals surface area contributed by atoms with Crippen molar-refractivity contribution in [3.05, 3.63) is 36.5 Å². The third-order valence-corrected chi connectivity index (χ3v) is 1.70. The third-order valence-electron chi connectivity index (χ3n) is 1.70. The van der Waals surface area contributed by atoms with Crippen molar-refractivity contribution in [1.82, 2.24) is 15.0 Å². The summed E-state index contributed by atoms with van der Waals surface area (Å²) in [7, 11) is 0. The first-order chi connectivity index (χ1) is 6.40. The third kappa shape index (κ3) is 1.42. The van der Waals surface area contributed by atoms with Crippen molar-refractivity contribution in [3.8, 4) is 23.6 Å². The lowest BCUT2D eigenvalue weighted by molar-refractivity contribution is 1.25. The molecule has 0 saturated heterocycles.